The summed E-state index contributed by atoms with van der Waals surface area (Å²) in [7, 11) is -2.90. The van der Waals surface area contributed by atoms with Crippen molar-refractivity contribution in [3.8, 4) is 11.1 Å². The van der Waals surface area contributed by atoms with E-state index in [-0.39, 0.29) is 72.0 Å². The largest absolute Gasteiger partial charge is 0.389 e. The first kappa shape index (κ1) is 45.2. The molecule has 0 aliphatic carbocycles. The van der Waals surface area contributed by atoms with Crippen molar-refractivity contribution in [3.05, 3.63) is 88.7 Å². The summed E-state index contributed by atoms with van der Waals surface area (Å²) in [5.74, 6) is -4.52. The zero-order valence-corrected chi connectivity index (χ0v) is 36.6. The molecule has 0 atom stereocenters. The van der Waals surface area contributed by atoms with Crippen LogP contribution >= 0.6 is 11.6 Å². The molecule has 3 aromatic heterocycles. The van der Waals surface area contributed by atoms with Gasteiger partial charge in [-0.1, -0.05) is 18.5 Å². The Labute approximate surface area is 375 Å². The normalized spacial score (nSPS) is 16.9. The number of piperidine rings is 1. The summed E-state index contributed by atoms with van der Waals surface area (Å²) < 4.78 is 73.9. The highest BCUT2D eigenvalue weighted by atomic mass is 35.5. The van der Waals surface area contributed by atoms with Crippen molar-refractivity contribution < 1.29 is 45.9 Å². The van der Waals surface area contributed by atoms with Crippen LogP contribution in [0.3, 0.4) is 0 Å². The molecule has 0 saturated carbocycles. The minimum atomic E-state index is -4.17. The topological polar surface area (TPSA) is 217 Å². The second-order valence-electron chi connectivity index (χ2n) is 16.0. The highest BCUT2D eigenvalue weighted by molar-refractivity contribution is 7.90. The van der Waals surface area contributed by atoms with Gasteiger partial charge in [-0.2, -0.15) is 12.7 Å². The first-order valence-electron chi connectivity index (χ1n) is 20.6. The fraction of sp³-hybridized carbons (Fsp3) is 0.357. The number of aromatic nitrogens is 4. The molecule has 3 fully saturated rings. The Bertz CT molecular complexity index is 2820. The quantitative estimate of drug-likeness (QED) is 0.128. The maximum atomic E-state index is 15.6. The number of pyridine rings is 1. The lowest BCUT2D eigenvalue weighted by molar-refractivity contribution is -0.137. The fourth-order valence-corrected chi connectivity index (χ4v) is 9.21. The number of carbonyl (C=O) groups is 4. The van der Waals surface area contributed by atoms with E-state index in [1.165, 1.54) is 31.6 Å². The molecule has 18 nitrogen and oxygen atoms in total. The highest BCUT2D eigenvalue weighted by Gasteiger charge is 2.38. The minimum absolute atomic E-state index is 0.0183. The lowest BCUT2D eigenvalue weighted by Gasteiger charge is -2.41. The van der Waals surface area contributed by atoms with Crippen LogP contribution in [0.5, 0.6) is 0 Å². The zero-order chi connectivity index (χ0) is 46.4. The summed E-state index contributed by atoms with van der Waals surface area (Å²) in [6.07, 6.45) is 6.30. The van der Waals surface area contributed by atoms with E-state index in [0.717, 1.165) is 21.3 Å². The van der Waals surface area contributed by atoms with Gasteiger partial charge in [-0.15, -0.1) is 0 Å². The monoisotopic (exact) mass is 937 g/mol. The van der Waals surface area contributed by atoms with Gasteiger partial charge in [-0.25, -0.2) is 32.9 Å². The van der Waals surface area contributed by atoms with Crippen LogP contribution in [0.1, 0.15) is 48.5 Å². The molecule has 8 rings (SSSR count). The average molecular weight is 938 g/mol. The highest BCUT2D eigenvalue weighted by Crippen LogP contribution is 2.38. The van der Waals surface area contributed by atoms with Crippen LogP contribution in [0.25, 0.3) is 22.2 Å². The third-order valence-corrected chi connectivity index (χ3v) is 13.8. The van der Waals surface area contributed by atoms with Gasteiger partial charge < -0.3 is 24.8 Å². The molecule has 65 heavy (non-hydrogen) atoms. The summed E-state index contributed by atoms with van der Waals surface area (Å²) >= 11 is 6.54. The zero-order valence-electron chi connectivity index (χ0n) is 35.1. The van der Waals surface area contributed by atoms with Gasteiger partial charge in [0.25, 0.3) is 0 Å². The van der Waals surface area contributed by atoms with Gasteiger partial charge in [0.1, 0.15) is 17.3 Å². The van der Waals surface area contributed by atoms with Crippen LogP contribution in [0.15, 0.2) is 55.1 Å². The second-order valence-corrected chi connectivity index (χ2v) is 18.2. The molecule has 0 unspecified atom stereocenters. The van der Waals surface area contributed by atoms with Crippen LogP contribution in [-0.2, 0) is 19.8 Å². The smallest absolute Gasteiger partial charge is 0.328 e. The number of halogens is 4. The summed E-state index contributed by atoms with van der Waals surface area (Å²) in [5.41, 5.74) is -1.29. The molecule has 3 aliphatic heterocycles. The van der Waals surface area contributed by atoms with E-state index in [4.69, 9.17) is 11.6 Å². The number of aliphatic hydroxyl groups is 1. The van der Waals surface area contributed by atoms with Gasteiger partial charge in [-0.05, 0) is 37.1 Å². The SMILES string of the molecule is CCN(C)S(=O)(=O)Nc1ccc(F)c(C(=O)c2c[nH]c3ncc(-c4cnc(N5CCN(C(=O)CC6(O)CCN(c7cc(F)c(N8CCC(=O)NC8=O)cc7Cl)CC6)CC5)nc4)cc23)c1F. The molecule has 3 aliphatic rings. The molecule has 342 valence electrons. The predicted octanol–water partition coefficient (Wildman–Crippen LogP) is 4.45. The van der Waals surface area contributed by atoms with Crippen LogP contribution in [0.4, 0.5) is 41.0 Å². The van der Waals surface area contributed by atoms with Crippen molar-refractivity contribution in [2.24, 2.45) is 0 Å². The maximum Gasteiger partial charge on any atom is 0.328 e. The number of aromatic amines is 1. The number of nitrogens with zero attached hydrogens (tertiary/aromatic N) is 8. The molecule has 5 aromatic rings. The Morgan fingerprint density at radius 3 is 2.28 bits per heavy atom. The third kappa shape index (κ3) is 9.15. The number of fused-ring (bicyclic) bond motifs is 1. The molecule has 4 N–H and O–H groups in total. The van der Waals surface area contributed by atoms with Crippen molar-refractivity contribution in [1.82, 2.24) is 34.5 Å². The van der Waals surface area contributed by atoms with Crippen molar-refractivity contribution >= 4 is 79.5 Å². The van der Waals surface area contributed by atoms with E-state index in [2.05, 4.69) is 30.0 Å². The van der Waals surface area contributed by atoms with Gasteiger partial charge in [-0.3, -0.25) is 29.3 Å². The van der Waals surface area contributed by atoms with E-state index >= 15 is 13.2 Å². The van der Waals surface area contributed by atoms with Gasteiger partial charge >= 0.3 is 16.2 Å². The van der Waals surface area contributed by atoms with Crippen LogP contribution < -0.4 is 24.7 Å². The number of rotatable bonds is 12. The number of carbonyl (C=O) groups excluding carboxylic acids is 4. The second kappa shape index (κ2) is 17.9. The number of hydrogen-bond donors (Lipinski definition) is 4. The molecule has 2 aromatic carbocycles. The van der Waals surface area contributed by atoms with E-state index in [0.29, 0.717) is 62.0 Å². The number of amides is 4. The Balaban J connectivity index is 0.867. The Morgan fingerprint density at radius 1 is 0.908 bits per heavy atom. The molecule has 6 heterocycles. The average Bonchev–Trinajstić information content (AvgIpc) is 3.72. The first-order chi connectivity index (χ1) is 30.9. The number of anilines is 4. The maximum absolute atomic E-state index is 15.6. The predicted molar refractivity (Wildman–Crippen MR) is 234 cm³/mol. The van der Waals surface area contributed by atoms with Gasteiger partial charge in [0.05, 0.1) is 39.7 Å². The number of ketones is 1. The molecule has 0 radical (unpaired) electrons. The van der Waals surface area contributed by atoms with Crippen LogP contribution in [-0.4, -0.2) is 131 Å². The number of H-pyrrole nitrogens is 1. The summed E-state index contributed by atoms with van der Waals surface area (Å²) in [6, 6.07) is 5.16. The van der Waals surface area contributed by atoms with Crippen molar-refractivity contribution in [1.29, 1.82) is 0 Å². The van der Waals surface area contributed by atoms with Gasteiger partial charge in [0, 0.05) is 119 Å². The lowest BCUT2D eigenvalue weighted by Crippen LogP contribution is -2.52. The van der Waals surface area contributed by atoms with E-state index in [1.54, 1.807) is 30.3 Å². The Hall–Kier alpha value is -6.36. The number of piperazine rings is 1. The molecule has 3 saturated heterocycles. The van der Waals surface area contributed by atoms with Crippen molar-refractivity contribution in [3.63, 3.8) is 0 Å². The van der Waals surface area contributed by atoms with Gasteiger partial charge in [0.2, 0.25) is 23.5 Å². The van der Waals surface area contributed by atoms with Crippen molar-refractivity contribution in [2.45, 2.75) is 38.2 Å². The Kier molecular flexibility index (Phi) is 12.5. The lowest BCUT2D eigenvalue weighted by atomic mass is 9.87. The number of imide groups is 1. The van der Waals surface area contributed by atoms with Crippen LogP contribution in [0.2, 0.25) is 5.02 Å². The summed E-state index contributed by atoms with van der Waals surface area (Å²) in [6.45, 7) is 3.82. The standard InChI is InChI=1S/C42H43ClF3N11O7S/c1-3-53(2)65(63,64)52-31-5-4-29(44)36(37(31)46)38(60)27-23-48-39-26(27)16-24(20-47-39)25-21-49-40(50-22-25)56-14-12-55(13-15-56)35(59)19-42(62)7-10-54(11-8-42)32-18-30(45)33(17-28(32)43)57-9-6-34(58)51-41(57)61/h4-5,16-18,20-23,52,62H,3,6-15,19H2,1-2H3,(H,47,48)(H,51,58,61). The molecular weight excluding hydrogens is 895 g/mol. The number of benzene rings is 2. The molecule has 0 bridgehead atoms. The van der Waals surface area contributed by atoms with E-state index in [9.17, 15) is 32.7 Å². The van der Waals surface area contributed by atoms with Crippen molar-refractivity contribution in [2.75, 3.05) is 78.8 Å². The van der Waals surface area contributed by atoms with Crippen LogP contribution in [0, 0.1) is 17.5 Å². The molecular formula is C42H43ClF3N11O7S. The van der Waals surface area contributed by atoms with E-state index in [1.807, 2.05) is 9.80 Å². The molecule has 0 spiro atoms. The summed E-state index contributed by atoms with van der Waals surface area (Å²) in [4.78, 5) is 73.7. The summed E-state index contributed by atoms with van der Waals surface area (Å²) in [5, 5.41) is 14.1. The molecule has 23 heteroatoms. The van der Waals surface area contributed by atoms with E-state index < -0.39 is 62.2 Å². The fourth-order valence-electron chi connectivity index (χ4n) is 8.00. The minimum Gasteiger partial charge on any atom is -0.389 e. The number of hydrogen-bond acceptors (Lipinski definition) is 12. The molecule has 4 amide bonds. The number of urea groups is 1. The van der Waals surface area contributed by atoms with Gasteiger partial charge in [0.15, 0.2) is 5.82 Å². The first-order valence-corrected chi connectivity index (χ1v) is 22.4. The third-order valence-electron chi connectivity index (χ3n) is 12.0. The Morgan fingerprint density at radius 2 is 1.60 bits per heavy atom. The number of nitrogens with one attached hydrogen (secondary N) is 3.